The van der Waals surface area contributed by atoms with Crippen LogP contribution in [0.1, 0.15) is 49.3 Å². The lowest BCUT2D eigenvalue weighted by Gasteiger charge is -2.13. The number of aryl methyl sites for hydroxylation is 2. The summed E-state index contributed by atoms with van der Waals surface area (Å²) < 4.78 is 5.84. The van der Waals surface area contributed by atoms with Gasteiger partial charge in [-0.05, 0) is 55.7 Å². The van der Waals surface area contributed by atoms with E-state index in [1.165, 1.54) is 19.3 Å². The molecule has 0 saturated carbocycles. The van der Waals surface area contributed by atoms with Crippen LogP contribution in [0.2, 0.25) is 0 Å². The third-order valence-corrected chi connectivity index (χ3v) is 5.26. The molecule has 0 aliphatic heterocycles. The lowest BCUT2D eigenvalue weighted by atomic mass is 9.96. The molecule has 0 atom stereocenters. The van der Waals surface area contributed by atoms with Crippen molar-refractivity contribution in [2.45, 2.75) is 46.5 Å². The molecule has 154 valence electrons. The first-order valence-corrected chi connectivity index (χ1v) is 10.5. The van der Waals surface area contributed by atoms with E-state index in [9.17, 15) is 5.26 Å². The van der Waals surface area contributed by atoms with Gasteiger partial charge in [-0.2, -0.15) is 5.26 Å². The largest absolute Gasteiger partial charge is 0.494 e. The third kappa shape index (κ3) is 4.99. The van der Waals surface area contributed by atoms with Gasteiger partial charge in [-0.3, -0.25) is 0 Å². The molecule has 0 aliphatic carbocycles. The van der Waals surface area contributed by atoms with Crippen LogP contribution in [0.3, 0.4) is 0 Å². The molecule has 3 rings (SSSR count). The van der Waals surface area contributed by atoms with Crippen molar-refractivity contribution in [3.8, 4) is 34.2 Å². The zero-order valence-electron chi connectivity index (χ0n) is 18.0. The maximum Gasteiger partial charge on any atom is 0.142 e. The Kier molecular flexibility index (Phi) is 7.08. The van der Waals surface area contributed by atoms with E-state index < -0.39 is 0 Å². The van der Waals surface area contributed by atoms with Gasteiger partial charge in [-0.25, -0.2) is 4.98 Å². The molecule has 0 amide bonds. The molecule has 0 bridgehead atoms. The maximum absolute atomic E-state index is 9.67. The van der Waals surface area contributed by atoms with Crippen LogP contribution in [-0.4, -0.2) is 11.6 Å². The molecule has 0 unspecified atom stereocenters. The predicted octanol–water partition coefficient (Wildman–Crippen LogP) is 6.45. The first-order chi connectivity index (χ1) is 14.5. The summed E-state index contributed by atoms with van der Waals surface area (Å²) in [5, 5.41) is 9.67. The molecule has 0 aliphatic rings. The lowest BCUT2D eigenvalue weighted by Crippen LogP contribution is -2.01. The normalized spacial score (nSPS) is 10.6. The van der Waals surface area contributed by atoms with Crippen LogP contribution in [0.4, 0.5) is 5.82 Å². The molecule has 0 saturated heterocycles. The van der Waals surface area contributed by atoms with Crippen molar-refractivity contribution in [2.24, 2.45) is 0 Å². The number of aromatic nitrogens is 1. The third-order valence-electron chi connectivity index (χ3n) is 5.26. The first kappa shape index (κ1) is 21.4. The molecule has 0 radical (unpaired) electrons. The molecule has 2 N–H and O–H groups in total. The van der Waals surface area contributed by atoms with E-state index in [1.807, 2.05) is 30.3 Å². The van der Waals surface area contributed by atoms with Gasteiger partial charge < -0.3 is 10.5 Å². The summed E-state index contributed by atoms with van der Waals surface area (Å²) in [6.45, 7) is 7.03. The van der Waals surface area contributed by atoms with Crippen LogP contribution in [0.15, 0.2) is 48.5 Å². The van der Waals surface area contributed by atoms with Crippen LogP contribution < -0.4 is 10.5 Å². The highest BCUT2D eigenvalue weighted by molar-refractivity contribution is 5.81. The Hall–Kier alpha value is -3.32. The van der Waals surface area contributed by atoms with Crippen LogP contribution in [-0.2, 0) is 0 Å². The molecule has 4 heteroatoms. The van der Waals surface area contributed by atoms with Gasteiger partial charge >= 0.3 is 0 Å². The monoisotopic (exact) mass is 399 g/mol. The van der Waals surface area contributed by atoms with Crippen LogP contribution in [0.25, 0.3) is 22.4 Å². The minimum absolute atomic E-state index is 0.252. The number of nitrogen functional groups attached to an aromatic ring is 1. The van der Waals surface area contributed by atoms with E-state index in [-0.39, 0.29) is 5.82 Å². The number of pyridine rings is 1. The number of benzene rings is 2. The fourth-order valence-corrected chi connectivity index (χ4v) is 3.51. The minimum atomic E-state index is 0.252. The van der Waals surface area contributed by atoms with E-state index in [1.54, 1.807) is 0 Å². The Morgan fingerprint density at radius 2 is 1.73 bits per heavy atom. The molecule has 1 aromatic heterocycles. The summed E-state index contributed by atoms with van der Waals surface area (Å²) in [5.74, 6) is 1.09. The van der Waals surface area contributed by atoms with Crippen LogP contribution in [0.5, 0.6) is 5.75 Å². The maximum atomic E-state index is 9.67. The number of nitrogens with zero attached hydrogens (tertiary/aromatic N) is 2. The van der Waals surface area contributed by atoms with Gasteiger partial charge in [0.2, 0.25) is 0 Å². The van der Waals surface area contributed by atoms with Gasteiger partial charge in [0.25, 0.3) is 0 Å². The van der Waals surface area contributed by atoms with Crippen molar-refractivity contribution >= 4 is 5.82 Å². The fourth-order valence-electron chi connectivity index (χ4n) is 3.51. The number of anilines is 1. The average molecular weight is 400 g/mol. The molecule has 4 nitrogen and oxygen atoms in total. The number of nitrogens with two attached hydrogens (primary N) is 1. The van der Waals surface area contributed by atoms with Crippen LogP contribution in [0, 0.1) is 25.2 Å². The zero-order chi connectivity index (χ0) is 21.5. The lowest BCUT2D eigenvalue weighted by molar-refractivity contribution is 0.305. The van der Waals surface area contributed by atoms with Gasteiger partial charge in [0, 0.05) is 11.1 Å². The van der Waals surface area contributed by atoms with E-state index in [2.05, 4.69) is 50.0 Å². The quantitative estimate of drug-likeness (QED) is 0.442. The van der Waals surface area contributed by atoms with E-state index >= 15 is 0 Å². The average Bonchev–Trinajstić information content (AvgIpc) is 2.75. The van der Waals surface area contributed by atoms with Crippen molar-refractivity contribution in [1.29, 1.82) is 5.26 Å². The van der Waals surface area contributed by atoms with Gasteiger partial charge in [-0.1, -0.05) is 56.0 Å². The Morgan fingerprint density at radius 3 is 2.43 bits per heavy atom. The summed E-state index contributed by atoms with van der Waals surface area (Å²) in [6.07, 6.45) is 4.71. The molecule has 30 heavy (non-hydrogen) atoms. The van der Waals surface area contributed by atoms with Crippen molar-refractivity contribution in [1.82, 2.24) is 4.98 Å². The highest BCUT2D eigenvalue weighted by Gasteiger charge is 2.15. The molecule has 0 fully saturated rings. The number of rotatable bonds is 8. The zero-order valence-corrected chi connectivity index (χ0v) is 18.0. The topological polar surface area (TPSA) is 71.9 Å². The van der Waals surface area contributed by atoms with E-state index in [4.69, 9.17) is 10.5 Å². The highest BCUT2D eigenvalue weighted by Crippen LogP contribution is 2.33. The molecular formula is C26H29N3O. The second-order valence-electron chi connectivity index (χ2n) is 7.68. The first-order valence-electron chi connectivity index (χ1n) is 10.5. The Labute approximate surface area is 179 Å². The summed E-state index contributed by atoms with van der Waals surface area (Å²) in [5.41, 5.74) is 12.4. The number of nitriles is 1. The fraction of sp³-hybridized carbons (Fsp3) is 0.308. The van der Waals surface area contributed by atoms with E-state index in [0.717, 1.165) is 52.3 Å². The Balaban J connectivity index is 1.90. The molecule has 3 aromatic rings. The van der Waals surface area contributed by atoms with Crippen molar-refractivity contribution in [3.05, 3.63) is 65.2 Å². The smallest absolute Gasteiger partial charge is 0.142 e. The van der Waals surface area contributed by atoms with E-state index in [0.29, 0.717) is 5.56 Å². The summed E-state index contributed by atoms with van der Waals surface area (Å²) in [7, 11) is 0. The number of unbranched alkanes of at least 4 members (excludes halogenated alkanes) is 3. The molecule has 0 spiro atoms. The number of ether oxygens (including phenoxy) is 1. The van der Waals surface area contributed by atoms with Crippen LogP contribution >= 0.6 is 0 Å². The predicted molar refractivity (Wildman–Crippen MR) is 123 cm³/mol. The Morgan fingerprint density at radius 1 is 0.967 bits per heavy atom. The Bertz CT molecular complexity index is 1050. The summed E-state index contributed by atoms with van der Waals surface area (Å²) >= 11 is 0. The number of hydrogen-bond donors (Lipinski definition) is 1. The summed E-state index contributed by atoms with van der Waals surface area (Å²) in [4.78, 5) is 4.52. The molecule has 2 aromatic carbocycles. The van der Waals surface area contributed by atoms with Gasteiger partial charge in [0.1, 0.15) is 23.2 Å². The van der Waals surface area contributed by atoms with Gasteiger partial charge in [0.15, 0.2) is 0 Å². The molecule has 1 heterocycles. The minimum Gasteiger partial charge on any atom is -0.494 e. The van der Waals surface area contributed by atoms with Crippen molar-refractivity contribution in [2.75, 3.05) is 12.3 Å². The summed E-state index contributed by atoms with van der Waals surface area (Å²) in [6, 6.07) is 18.3. The second-order valence-corrected chi connectivity index (χ2v) is 7.68. The van der Waals surface area contributed by atoms with Gasteiger partial charge in [-0.15, -0.1) is 0 Å². The highest BCUT2D eigenvalue weighted by atomic mass is 16.5. The van der Waals surface area contributed by atoms with Crippen molar-refractivity contribution in [3.63, 3.8) is 0 Å². The van der Waals surface area contributed by atoms with Gasteiger partial charge in [0.05, 0.1) is 12.3 Å². The van der Waals surface area contributed by atoms with Crippen molar-refractivity contribution < 1.29 is 4.74 Å². The second kappa shape index (κ2) is 9.93. The standard InChI is InChI=1S/C26H29N3O/c1-4-5-6-7-14-30-21-12-10-20(11-13-21)23-16-25(29-26(28)24(23)17-27)22-15-18(2)8-9-19(22)3/h8-13,15-16H,4-7,14H2,1-3H3,(H2,28,29). The molecular weight excluding hydrogens is 370 g/mol. The SMILES string of the molecule is CCCCCCOc1ccc(-c2cc(-c3cc(C)ccc3C)nc(N)c2C#N)cc1. The number of hydrogen-bond acceptors (Lipinski definition) is 4.